The number of nitrogens with one attached hydrogen (secondary N) is 1. The average Bonchev–Trinajstić information content (AvgIpc) is 3.14. The zero-order chi connectivity index (χ0) is 16.8. The Balaban J connectivity index is 1.55. The maximum Gasteiger partial charge on any atom is 0.227 e. The lowest BCUT2D eigenvalue weighted by Crippen LogP contribution is -2.48. The van der Waals surface area contributed by atoms with E-state index in [1.54, 1.807) is 11.0 Å². The van der Waals surface area contributed by atoms with Crippen molar-refractivity contribution in [1.82, 2.24) is 20.1 Å². The highest BCUT2D eigenvalue weighted by atomic mass is 16.5. The quantitative estimate of drug-likeness (QED) is 0.813. The summed E-state index contributed by atoms with van der Waals surface area (Å²) in [5.74, 6) is 0.0278. The first-order valence-electron chi connectivity index (χ1n) is 8.18. The Bertz CT molecular complexity index is 648. The van der Waals surface area contributed by atoms with Crippen LogP contribution in [0.4, 0.5) is 0 Å². The SMILES string of the molecule is NCC1(C(=O)NCc2ccc(Cn3cncn3)cc2)CCOCC1. The van der Waals surface area contributed by atoms with Gasteiger partial charge in [-0.25, -0.2) is 9.67 Å². The van der Waals surface area contributed by atoms with Gasteiger partial charge in [0.05, 0.1) is 12.0 Å². The molecule has 0 atom stereocenters. The summed E-state index contributed by atoms with van der Waals surface area (Å²) in [4.78, 5) is 16.5. The normalized spacial score (nSPS) is 16.7. The van der Waals surface area contributed by atoms with Crippen molar-refractivity contribution in [2.24, 2.45) is 11.1 Å². The lowest BCUT2D eigenvalue weighted by atomic mass is 9.79. The van der Waals surface area contributed by atoms with Crippen LogP contribution in [0.2, 0.25) is 0 Å². The summed E-state index contributed by atoms with van der Waals surface area (Å²) in [6, 6.07) is 8.12. The molecule has 2 aromatic rings. The van der Waals surface area contributed by atoms with E-state index in [0.717, 1.165) is 11.1 Å². The third kappa shape index (κ3) is 3.80. The van der Waals surface area contributed by atoms with Gasteiger partial charge < -0.3 is 15.8 Å². The summed E-state index contributed by atoms with van der Waals surface area (Å²) in [6.45, 7) is 2.75. The summed E-state index contributed by atoms with van der Waals surface area (Å²) in [7, 11) is 0. The zero-order valence-corrected chi connectivity index (χ0v) is 13.6. The molecule has 1 aromatic carbocycles. The third-order valence-electron chi connectivity index (χ3n) is 4.61. The number of amides is 1. The first kappa shape index (κ1) is 16.6. The largest absolute Gasteiger partial charge is 0.381 e. The lowest BCUT2D eigenvalue weighted by Gasteiger charge is -2.34. The van der Waals surface area contributed by atoms with Crippen LogP contribution in [0.3, 0.4) is 0 Å². The van der Waals surface area contributed by atoms with E-state index in [4.69, 9.17) is 10.5 Å². The number of nitrogens with two attached hydrogens (primary N) is 1. The van der Waals surface area contributed by atoms with Gasteiger partial charge in [0.15, 0.2) is 0 Å². The van der Waals surface area contributed by atoms with Gasteiger partial charge in [-0.15, -0.1) is 0 Å². The Morgan fingerprint density at radius 3 is 2.58 bits per heavy atom. The molecule has 128 valence electrons. The molecule has 1 aliphatic heterocycles. The second-order valence-corrected chi connectivity index (χ2v) is 6.19. The number of ether oxygens (including phenoxy) is 1. The molecule has 2 heterocycles. The molecule has 7 heteroatoms. The molecule has 7 nitrogen and oxygen atoms in total. The molecule has 3 rings (SSSR count). The van der Waals surface area contributed by atoms with Crippen LogP contribution < -0.4 is 11.1 Å². The predicted molar refractivity (Wildman–Crippen MR) is 89.0 cm³/mol. The lowest BCUT2D eigenvalue weighted by molar-refractivity contribution is -0.136. The summed E-state index contributed by atoms with van der Waals surface area (Å²) in [6.07, 6.45) is 4.58. The van der Waals surface area contributed by atoms with Crippen LogP contribution in [0.15, 0.2) is 36.9 Å². The van der Waals surface area contributed by atoms with E-state index < -0.39 is 5.41 Å². The monoisotopic (exact) mass is 329 g/mol. The maximum atomic E-state index is 12.5. The van der Waals surface area contributed by atoms with Gasteiger partial charge >= 0.3 is 0 Å². The number of benzene rings is 1. The van der Waals surface area contributed by atoms with Gasteiger partial charge in [0.1, 0.15) is 12.7 Å². The predicted octanol–water partition coefficient (Wildman–Crippen LogP) is 0.698. The minimum absolute atomic E-state index is 0.0278. The number of carbonyl (C=O) groups is 1. The Hall–Kier alpha value is -2.25. The van der Waals surface area contributed by atoms with Crippen molar-refractivity contribution in [1.29, 1.82) is 0 Å². The number of nitrogens with zero attached hydrogens (tertiary/aromatic N) is 3. The van der Waals surface area contributed by atoms with E-state index in [9.17, 15) is 4.79 Å². The van der Waals surface area contributed by atoms with E-state index in [0.29, 0.717) is 45.7 Å². The van der Waals surface area contributed by atoms with Gasteiger partial charge in [-0.3, -0.25) is 4.79 Å². The number of hydrogen-bond acceptors (Lipinski definition) is 5. The van der Waals surface area contributed by atoms with Crippen molar-refractivity contribution >= 4 is 5.91 Å². The van der Waals surface area contributed by atoms with E-state index in [1.807, 2.05) is 24.3 Å². The first-order chi connectivity index (χ1) is 11.7. The van der Waals surface area contributed by atoms with Gasteiger partial charge in [-0.2, -0.15) is 5.10 Å². The number of carbonyl (C=O) groups excluding carboxylic acids is 1. The molecular formula is C17H23N5O2. The van der Waals surface area contributed by atoms with Gasteiger partial charge in [0.2, 0.25) is 5.91 Å². The molecule has 1 fully saturated rings. The van der Waals surface area contributed by atoms with Gasteiger partial charge in [-0.05, 0) is 24.0 Å². The number of aromatic nitrogens is 3. The van der Waals surface area contributed by atoms with Crippen LogP contribution in [0, 0.1) is 5.41 Å². The van der Waals surface area contributed by atoms with Crippen molar-refractivity contribution in [2.45, 2.75) is 25.9 Å². The Morgan fingerprint density at radius 2 is 1.96 bits per heavy atom. The van der Waals surface area contributed by atoms with Crippen molar-refractivity contribution < 1.29 is 9.53 Å². The van der Waals surface area contributed by atoms with Crippen molar-refractivity contribution in [3.05, 3.63) is 48.0 Å². The third-order valence-corrected chi connectivity index (χ3v) is 4.61. The zero-order valence-electron chi connectivity index (χ0n) is 13.6. The molecule has 1 amide bonds. The highest BCUT2D eigenvalue weighted by Gasteiger charge is 2.38. The smallest absolute Gasteiger partial charge is 0.227 e. The van der Waals surface area contributed by atoms with E-state index in [2.05, 4.69) is 15.4 Å². The Kier molecular flexibility index (Phi) is 5.22. The molecule has 0 spiro atoms. The summed E-state index contributed by atoms with van der Waals surface area (Å²) >= 11 is 0. The molecule has 24 heavy (non-hydrogen) atoms. The number of rotatable bonds is 6. The van der Waals surface area contributed by atoms with E-state index in [1.165, 1.54) is 6.33 Å². The molecule has 1 saturated heterocycles. The van der Waals surface area contributed by atoms with Crippen molar-refractivity contribution in [3.63, 3.8) is 0 Å². The molecule has 0 radical (unpaired) electrons. The minimum Gasteiger partial charge on any atom is -0.381 e. The van der Waals surface area contributed by atoms with Crippen LogP contribution in [0.5, 0.6) is 0 Å². The van der Waals surface area contributed by atoms with Gasteiger partial charge in [0.25, 0.3) is 0 Å². The maximum absolute atomic E-state index is 12.5. The van der Waals surface area contributed by atoms with Gasteiger partial charge in [-0.1, -0.05) is 24.3 Å². The molecule has 0 unspecified atom stereocenters. The van der Waals surface area contributed by atoms with E-state index >= 15 is 0 Å². The molecule has 0 aliphatic carbocycles. The Labute approximate surface area is 141 Å². The fraction of sp³-hybridized carbons (Fsp3) is 0.471. The van der Waals surface area contributed by atoms with Gasteiger partial charge in [0, 0.05) is 26.3 Å². The molecule has 1 aromatic heterocycles. The molecular weight excluding hydrogens is 306 g/mol. The second kappa shape index (κ2) is 7.55. The summed E-state index contributed by atoms with van der Waals surface area (Å²) in [5.41, 5.74) is 7.58. The van der Waals surface area contributed by atoms with E-state index in [-0.39, 0.29) is 5.91 Å². The number of hydrogen-bond donors (Lipinski definition) is 2. The highest BCUT2D eigenvalue weighted by molar-refractivity contribution is 5.83. The fourth-order valence-electron chi connectivity index (χ4n) is 2.92. The van der Waals surface area contributed by atoms with Crippen molar-refractivity contribution in [2.75, 3.05) is 19.8 Å². The van der Waals surface area contributed by atoms with Crippen molar-refractivity contribution in [3.8, 4) is 0 Å². The molecule has 0 saturated carbocycles. The van der Waals surface area contributed by atoms with Crippen LogP contribution in [-0.2, 0) is 22.6 Å². The van der Waals surface area contributed by atoms with Crippen LogP contribution in [-0.4, -0.2) is 40.4 Å². The fourth-order valence-corrected chi connectivity index (χ4v) is 2.92. The highest BCUT2D eigenvalue weighted by Crippen LogP contribution is 2.29. The minimum atomic E-state index is -0.481. The van der Waals surface area contributed by atoms with Crippen LogP contribution in [0.1, 0.15) is 24.0 Å². The average molecular weight is 329 g/mol. The van der Waals surface area contributed by atoms with Crippen LogP contribution >= 0.6 is 0 Å². The standard InChI is InChI=1S/C17H23N5O2/c18-11-17(5-7-24-8-6-17)16(23)20-9-14-1-3-15(4-2-14)10-22-13-19-12-21-22/h1-4,12-13H,5-11,18H2,(H,20,23). The first-order valence-corrected chi connectivity index (χ1v) is 8.18. The summed E-state index contributed by atoms with van der Waals surface area (Å²) in [5, 5.41) is 7.11. The molecule has 0 bridgehead atoms. The summed E-state index contributed by atoms with van der Waals surface area (Å²) < 4.78 is 7.12. The van der Waals surface area contributed by atoms with Crippen LogP contribution in [0.25, 0.3) is 0 Å². The molecule has 3 N–H and O–H groups in total. The Morgan fingerprint density at radius 1 is 1.25 bits per heavy atom. The second-order valence-electron chi connectivity index (χ2n) is 6.19. The topological polar surface area (TPSA) is 95.1 Å². The molecule has 1 aliphatic rings.